The fourth-order valence-electron chi connectivity index (χ4n) is 2.27. The average Bonchev–Trinajstić information content (AvgIpc) is 2.22. The van der Waals surface area contributed by atoms with Crippen molar-refractivity contribution in [2.24, 2.45) is 5.92 Å². The van der Waals surface area contributed by atoms with Crippen LogP contribution in [0.5, 0.6) is 0 Å². The molecule has 1 aliphatic carbocycles. The van der Waals surface area contributed by atoms with Crippen LogP contribution in [-0.4, -0.2) is 37.1 Å². The van der Waals surface area contributed by atoms with Crippen molar-refractivity contribution in [1.82, 2.24) is 5.32 Å². The zero-order valence-corrected chi connectivity index (χ0v) is 12.1. The van der Waals surface area contributed by atoms with Crippen molar-refractivity contribution in [1.29, 1.82) is 0 Å². The van der Waals surface area contributed by atoms with E-state index >= 15 is 0 Å². The van der Waals surface area contributed by atoms with Crippen LogP contribution in [0.2, 0.25) is 0 Å². The lowest BCUT2D eigenvalue weighted by Gasteiger charge is -2.44. The van der Waals surface area contributed by atoms with E-state index in [4.69, 9.17) is 0 Å². The highest BCUT2D eigenvalue weighted by Gasteiger charge is 2.61. The molecule has 0 aromatic rings. The van der Waals surface area contributed by atoms with Gasteiger partial charge < -0.3 is 10.1 Å². The minimum atomic E-state index is -5.44. The first-order valence-corrected chi connectivity index (χ1v) is 6.98. The quantitative estimate of drug-likeness (QED) is 0.564. The molecule has 0 aliphatic heterocycles. The van der Waals surface area contributed by atoms with Crippen molar-refractivity contribution < 1.29 is 31.1 Å². The summed E-state index contributed by atoms with van der Waals surface area (Å²) >= 11 is 0. The Balaban J connectivity index is 2.62. The topological polar surface area (TPSA) is 21.3 Å². The Morgan fingerprint density at radius 3 is 1.90 bits per heavy atom. The third kappa shape index (κ3) is 5.65. The van der Waals surface area contributed by atoms with Crippen LogP contribution >= 0.6 is 0 Å². The molecule has 0 saturated heterocycles. The van der Waals surface area contributed by atoms with Gasteiger partial charge in [0.05, 0.1) is 5.60 Å². The molecule has 0 atom stereocenters. The normalized spacial score (nSPS) is 19.1. The van der Waals surface area contributed by atoms with Crippen molar-refractivity contribution in [3.05, 3.63) is 0 Å². The molecule has 2 nitrogen and oxygen atoms in total. The van der Waals surface area contributed by atoms with Gasteiger partial charge >= 0.3 is 12.4 Å². The maximum atomic E-state index is 12.5. The van der Waals surface area contributed by atoms with Crippen LogP contribution in [0, 0.1) is 5.92 Å². The van der Waals surface area contributed by atoms with E-state index in [0.29, 0.717) is 25.4 Å². The van der Waals surface area contributed by atoms with Crippen molar-refractivity contribution in [3.8, 4) is 0 Å². The van der Waals surface area contributed by atoms with Gasteiger partial charge in [-0.2, -0.15) is 26.3 Å². The monoisotopic (exact) mass is 321 g/mol. The molecule has 0 aromatic carbocycles. The average molecular weight is 321 g/mol. The van der Waals surface area contributed by atoms with E-state index in [1.807, 2.05) is 13.8 Å². The second-order valence-electron chi connectivity index (χ2n) is 5.97. The van der Waals surface area contributed by atoms with Gasteiger partial charge in [-0.3, -0.25) is 0 Å². The molecule has 126 valence electrons. The van der Waals surface area contributed by atoms with Crippen molar-refractivity contribution in [2.45, 2.75) is 63.6 Å². The van der Waals surface area contributed by atoms with Crippen molar-refractivity contribution in [3.63, 3.8) is 0 Å². The number of hydrogen-bond donors (Lipinski definition) is 1. The smallest absolute Gasteiger partial charge is 0.354 e. The molecule has 0 unspecified atom stereocenters. The Morgan fingerprint density at radius 1 is 1.05 bits per heavy atom. The lowest BCUT2D eigenvalue weighted by molar-refractivity contribution is -0.353. The maximum absolute atomic E-state index is 12.5. The van der Waals surface area contributed by atoms with Gasteiger partial charge in [-0.1, -0.05) is 13.8 Å². The first kappa shape index (κ1) is 18.5. The molecule has 1 fully saturated rings. The predicted molar refractivity (Wildman–Crippen MR) is 65.9 cm³/mol. The number of hydrogen-bond acceptors (Lipinski definition) is 2. The number of nitrogens with one attached hydrogen (secondary N) is 1. The summed E-state index contributed by atoms with van der Waals surface area (Å²) in [6, 6.07) is 0. The summed E-state index contributed by atoms with van der Waals surface area (Å²) in [5.74, 6) is 0.362. The van der Waals surface area contributed by atoms with Gasteiger partial charge in [0.15, 0.2) is 0 Å². The molecule has 0 spiro atoms. The molecule has 1 aliphatic rings. The minimum absolute atomic E-state index is 0.155. The molecule has 21 heavy (non-hydrogen) atoms. The maximum Gasteiger partial charge on any atom is 0.423 e. The molecule has 0 heterocycles. The highest BCUT2D eigenvalue weighted by atomic mass is 19.4. The van der Waals surface area contributed by atoms with Crippen LogP contribution in [-0.2, 0) is 4.74 Å². The standard InChI is InChI=1S/C13H21F6NO/c1-9(2)8-20-7-6-11(4-3-5-11)21-10(12(14,15)16)13(17,18)19/h9-10,20H,3-8H2,1-2H3. The Kier molecular flexibility index (Phi) is 5.94. The van der Waals surface area contributed by atoms with Gasteiger partial charge in [0.2, 0.25) is 6.10 Å². The third-order valence-electron chi connectivity index (χ3n) is 3.54. The highest BCUT2D eigenvalue weighted by Crippen LogP contribution is 2.45. The number of ether oxygens (including phenoxy) is 1. The minimum Gasteiger partial charge on any atom is -0.354 e. The molecule has 0 bridgehead atoms. The fraction of sp³-hybridized carbons (Fsp3) is 1.00. The molecule has 8 heteroatoms. The summed E-state index contributed by atoms with van der Waals surface area (Å²) in [4.78, 5) is 0. The van der Waals surface area contributed by atoms with Crippen LogP contribution in [0.15, 0.2) is 0 Å². The van der Waals surface area contributed by atoms with E-state index in [0.717, 1.165) is 0 Å². The molecule has 1 saturated carbocycles. The molecule has 1 rings (SSSR count). The molecular weight excluding hydrogens is 300 g/mol. The van der Waals surface area contributed by atoms with Gasteiger partial charge in [0, 0.05) is 0 Å². The van der Waals surface area contributed by atoms with E-state index in [-0.39, 0.29) is 19.3 Å². The number of alkyl halides is 6. The summed E-state index contributed by atoms with van der Waals surface area (Å²) in [5.41, 5.74) is -1.31. The summed E-state index contributed by atoms with van der Waals surface area (Å²) < 4.78 is 79.8. The van der Waals surface area contributed by atoms with E-state index in [1.165, 1.54) is 0 Å². The Labute approximate surface area is 120 Å². The van der Waals surface area contributed by atoms with E-state index in [9.17, 15) is 26.3 Å². The second-order valence-corrected chi connectivity index (χ2v) is 5.97. The van der Waals surface area contributed by atoms with Crippen LogP contribution < -0.4 is 5.32 Å². The van der Waals surface area contributed by atoms with Crippen LogP contribution in [0.4, 0.5) is 26.3 Å². The second kappa shape index (κ2) is 6.73. The molecule has 1 N–H and O–H groups in total. The van der Waals surface area contributed by atoms with Crippen LogP contribution in [0.1, 0.15) is 39.5 Å². The first-order chi connectivity index (χ1) is 9.46. The van der Waals surface area contributed by atoms with Crippen molar-refractivity contribution in [2.75, 3.05) is 13.1 Å². The number of halogens is 6. The SMILES string of the molecule is CC(C)CNCCC1(OC(C(F)(F)F)C(F)(F)F)CCC1. The predicted octanol–water partition coefficient (Wildman–Crippen LogP) is 4.05. The third-order valence-corrected chi connectivity index (χ3v) is 3.54. The molecular formula is C13H21F6NO. The summed E-state index contributed by atoms with van der Waals surface area (Å²) in [7, 11) is 0. The molecule has 0 aromatic heterocycles. The van der Waals surface area contributed by atoms with E-state index in [1.54, 1.807) is 0 Å². The van der Waals surface area contributed by atoms with E-state index in [2.05, 4.69) is 10.1 Å². The number of rotatable bonds is 7. The van der Waals surface area contributed by atoms with Crippen molar-refractivity contribution >= 4 is 0 Å². The van der Waals surface area contributed by atoms with Crippen LogP contribution in [0.3, 0.4) is 0 Å². The highest BCUT2D eigenvalue weighted by molar-refractivity contribution is 4.93. The molecule has 0 radical (unpaired) electrons. The molecule has 0 amide bonds. The summed E-state index contributed by atoms with van der Waals surface area (Å²) in [6.07, 6.45) is -13.4. The van der Waals surface area contributed by atoms with Gasteiger partial charge in [-0.05, 0) is 44.7 Å². The van der Waals surface area contributed by atoms with E-state index < -0.39 is 24.1 Å². The van der Waals surface area contributed by atoms with Gasteiger partial charge in [-0.15, -0.1) is 0 Å². The largest absolute Gasteiger partial charge is 0.423 e. The lowest BCUT2D eigenvalue weighted by Crippen LogP contribution is -2.54. The zero-order valence-electron chi connectivity index (χ0n) is 12.1. The van der Waals surface area contributed by atoms with Crippen LogP contribution in [0.25, 0.3) is 0 Å². The Bertz CT molecular complexity index is 308. The Hall–Kier alpha value is -0.500. The summed E-state index contributed by atoms with van der Waals surface area (Å²) in [6.45, 7) is 4.94. The first-order valence-electron chi connectivity index (χ1n) is 6.98. The van der Waals surface area contributed by atoms with Gasteiger partial charge in [0.25, 0.3) is 0 Å². The zero-order chi connectivity index (χ0) is 16.3. The van der Waals surface area contributed by atoms with Gasteiger partial charge in [-0.25, -0.2) is 0 Å². The fourth-order valence-corrected chi connectivity index (χ4v) is 2.27. The Morgan fingerprint density at radius 2 is 1.57 bits per heavy atom. The lowest BCUT2D eigenvalue weighted by atomic mass is 9.77. The van der Waals surface area contributed by atoms with Gasteiger partial charge in [0.1, 0.15) is 0 Å². The summed E-state index contributed by atoms with van der Waals surface area (Å²) in [5, 5.41) is 3.02.